The SMILES string of the molecule is CN=C(NCc1nc(C)c(C)s1)N(C)CCOCC1CC1. The molecule has 0 aliphatic heterocycles. The molecule has 1 aliphatic rings. The van der Waals surface area contributed by atoms with Gasteiger partial charge in [0.2, 0.25) is 0 Å². The van der Waals surface area contributed by atoms with E-state index in [1.165, 1.54) is 17.7 Å². The monoisotopic (exact) mass is 310 g/mol. The van der Waals surface area contributed by atoms with E-state index in [0.29, 0.717) is 0 Å². The zero-order chi connectivity index (χ0) is 15.2. The number of thiazole rings is 1. The average Bonchev–Trinajstić information content (AvgIpc) is 3.22. The molecule has 6 heteroatoms. The molecule has 21 heavy (non-hydrogen) atoms. The largest absolute Gasteiger partial charge is 0.379 e. The van der Waals surface area contributed by atoms with Crippen molar-refractivity contribution in [3.05, 3.63) is 15.6 Å². The van der Waals surface area contributed by atoms with Crippen LogP contribution >= 0.6 is 11.3 Å². The number of guanidine groups is 1. The summed E-state index contributed by atoms with van der Waals surface area (Å²) in [4.78, 5) is 12.2. The summed E-state index contributed by atoms with van der Waals surface area (Å²) in [5.41, 5.74) is 1.12. The van der Waals surface area contributed by atoms with Gasteiger partial charge in [0.1, 0.15) is 5.01 Å². The Labute approximate surface area is 131 Å². The van der Waals surface area contributed by atoms with Crippen LogP contribution in [0.15, 0.2) is 4.99 Å². The fraction of sp³-hybridized carbons (Fsp3) is 0.733. The molecule has 1 saturated carbocycles. The number of aromatic nitrogens is 1. The van der Waals surface area contributed by atoms with Gasteiger partial charge in [-0.1, -0.05) is 0 Å². The van der Waals surface area contributed by atoms with E-state index in [9.17, 15) is 0 Å². The van der Waals surface area contributed by atoms with Crippen molar-refractivity contribution in [3.63, 3.8) is 0 Å². The molecule has 0 aromatic carbocycles. The fourth-order valence-electron chi connectivity index (χ4n) is 2.00. The minimum atomic E-state index is 0.722. The summed E-state index contributed by atoms with van der Waals surface area (Å²) >= 11 is 1.74. The molecule has 0 radical (unpaired) electrons. The summed E-state index contributed by atoms with van der Waals surface area (Å²) in [7, 11) is 3.84. The van der Waals surface area contributed by atoms with Crippen molar-refractivity contribution in [2.45, 2.75) is 33.2 Å². The molecular weight excluding hydrogens is 284 g/mol. The minimum absolute atomic E-state index is 0.722. The van der Waals surface area contributed by atoms with Crippen molar-refractivity contribution in [1.29, 1.82) is 0 Å². The topological polar surface area (TPSA) is 49.8 Å². The Morgan fingerprint density at radius 2 is 2.24 bits per heavy atom. The van der Waals surface area contributed by atoms with E-state index in [1.54, 1.807) is 11.3 Å². The number of rotatable bonds is 7. The second-order valence-corrected chi connectivity index (χ2v) is 6.88. The molecule has 1 fully saturated rings. The maximum absolute atomic E-state index is 5.67. The van der Waals surface area contributed by atoms with Crippen LogP contribution in [0.5, 0.6) is 0 Å². The summed E-state index contributed by atoms with van der Waals surface area (Å²) in [5.74, 6) is 1.71. The summed E-state index contributed by atoms with van der Waals surface area (Å²) < 4.78 is 5.67. The Bertz CT molecular complexity index is 463. The first kappa shape index (κ1) is 16.2. The van der Waals surface area contributed by atoms with Gasteiger partial charge in [0.05, 0.1) is 18.8 Å². The van der Waals surface area contributed by atoms with Gasteiger partial charge >= 0.3 is 0 Å². The second kappa shape index (κ2) is 7.75. The average molecular weight is 310 g/mol. The van der Waals surface area contributed by atoms with E-state index < -0.39 is 0 Å². The first-order valence-corrected chi connectivity index (χ1v) is 8.34. The lowest BCUT2D eigenvalue weighted by Gasteiger charge is -2.21. The number of nitrogens with one attached hydrogen (secondary N) is 1. The van der Waals surface area contributed by atoms with Gasteiger partial charge in [-0.2, -0.15) is 0 Å². The number of aliphatic imine (C=N–C) groups is 1. The van der Waals surface area contributed by atoms with Crippen molar-refractivity contribution in [1.82, 2.24) is 15.2 Å². The third kappa shape index (κ3) is 5.28. The van der Waals surface area contributed by atoms with Crippen LogP contribution in [-0.2, 0) is 11.3 Å². The molecule has 0 amide bonds. The van der Waals surface area contributed by atoms with Gasteiger partial charge in [-0.05, 0) is 32.6 Å². The highest BCUT2D eigenvalue weighted by atomic mass is 32.1. The summed E-state index contributed by atoms with van der Waals surface area (Å²) in [6.07, 6.45) is 2.68. The van der Waals surface area contributed by atoms with Gasteiger partial charge in [0.15, 0.2) is 5.96 Å². The lowest BCUT2D eigenvalue weighted by molar-refractivity contribution is 0.115. The molecule has 0 atom stereocenters. The normalized spacial score (nSPS) is 15.3. The Balaban J connectivity index is 1.70. The minimum Gasteiger partial charge on any atom is -0.379 e. The molecule has 0 saturated heterocycles. The Kier molecular flexibility index (Phi) is 5.99. The maximum atomic E-state index is 5.67. The highest BCUT2D eigenvalue weighted by Gasteiger charge is 2.21. The quantitative estimate of drug-likeness (QED) is 0.476. The maximum Gasteiger partial charge on any atom is 0.193 e. The van der Waals surface area contributed by atoms with Gasteiger partial charge in [0.25, 0.3) is 0 Å². The Hall–Kier alpha value is -1.14. The van der Waals surface area contributed by atoms with Gasteiger partial charge < -0.3 is 15.0 Å². The molecule has 1 aromatic heterocycles. The lowest BCUT2D eigenvalue weighted by Crippen LogP contribution is -2.40. The van der Waals surface area contributed by atoms with E-state index in [-0.39, 0.29) is 0 Å². The zero-order valence-electron chi connectivity index (χ0n) is 13.5. The highest BCUT2D eigenvalue weighted by Crippen LogP contribution is 2.28. The first-order valence-electron chi connectivity index (χ1n) is 7.52. The molecular formula is C15H26N4OS. The van der Waals surface area contributed by atoms with Crippen molar-refractivity contribution >= 4 is 17.3 Å². The van der Waals surface area contributed by atoms with E-state index in [0.717, 1.165) is 48.9 Å². The molecule has 1 N–H and O–H groups in total. The number of ether oxygens (including phenoxy) is 1. The highest BCUT2D eigenvalue weighted by molar-refractivity contribution is 7.11. The van der Waals surface area contributed by atoms with E-state index >= 15 is 0 Å². The van der Waals surface area contributed by atoms with Crippen molar-refractivity contribution in [3.8, 4) is 0 Å². The molecule has 1 aliphatic carbocycles. The lowest BCUT2D eigenvalue weighted by atomic mass is 10.4. The smallest absolute Gasteiger partial charge is 0.193 e. The van der Waals surface area contributed by atoms with Crippen molar-refractivity contribution < 1.29 is 4.74 Å². The third-order valence-corrected chi connectivity index (χ3v) is 4.74. The van der Waals surface area contributed by atoms with Crippen LogP contribution in [0.3, 0.4) is 0 Å². The molecule has 0 bridgehead atoms. The van der Waals surface area contributed by atoms with Crippen molar-refractivity contribution in [2.24, 2.45) is 10.9 Å². The van der Waals surface area contributed by atoms with Crippen molar-refractivity contribution in [2.75, 3.05) is 33.9 Å². The Morgan fingerprint density at radius 1 is 1.48 bits per heavy atom. The van der Waals surface area contributed by atoms with Crippen LogP contribution in [0.4, 0.5) is 0 Å². The standard InChI is InChI=1S/C15H26N4OS/c1-11-12(2)21-14(18-11)9-17-15(16-3)19(4)7-8-20-10-13-5-6-13/h13H,5-10H2,1-4H3,(H,16,17). The summed E-state index contributed by atoms with van der Waals surface area (Å²) in [6, 6.07) is 0. The molecule has 118 valence electrons. The summed E-state index contributed by atoms with van der Waals surface area (Å²) in [6.45, 7) is 7.39. The van der Waals surface area contributed by atoms with Crippen LogP contribution in [0, 0.1) is 19.8 Å². The first-order chi connectivity index (χ1) is 10.1. The van der Waals surface area contributed by atoms with E-state index in [4.69, 9.17) is 4.74 Å². The van der Waals surface area contributed by atoms with Gasteiger partial charge in [-0.25, -0.2) is 4.98 Å². The molecule has 2 rings (SSSR count). The fourth-order valence-corrected chi connectivity index (χ4v) is 2.87. The number of likely N-dealkylation sites (N-methyl/N-ethyl adjacent to an activating group) is 1. The van der Waals surface area contributed by atoms with Crippen LogP contribution in [0.25, 0.3) is 0 Å². The number of hydrogen-bond donors (Lipinski definition) is 1. The molecule has 0 spiro atoms. The molecule has 5 nitrogen and oxygen atoms in total. The van der Waals surface area contributed by atoms with Crippen LogP contribution in [0.1, 0.15) is 28.4 Å². The van der Waals surface area contributed by atoms with Crippen LogP contribution in [-0.4, -0.2) is 49.7 Å². The second-order valence-electron chi connectivity index (χ2n) is 5.59. The molecule has 1 heterocycles. The van der Waals surface area contributed by atoms with Crippen LogP contribution < -0.4 is 5.32 Å². The Morgan fingerprint density at radius 3 is 2.81 bits per heavy atom. The summed E-state index contributed by atoms with van der Waals surface area (Å²) in [5, 5.41) is 4.46. The molecule has 1 aromatic rings. The van der Waals surface area contributed by atoms with Gasteiger partial charge in [0, 0.05) is 32.1 Å². The van der Waals surface area contributed by atoms with Gasteiger partial charge in [-0.15, -0.1) is 11.3 Å². The number of aryl methyl sites for hydroxylation is 2. The van der Waals surface area contributed by atoms with E-state index in [2.05, 4.69) is 27.1 Å². The predicted molar refractivity (Wildman–Crippen MR) is 88.0 cm³/mol. The zero-order valence-corrected chi connectivity index (χ0v) is 14.3. The third-order valence-electron chi connectivity index (χ3n) is 3.67. The predicted octanol–water partition coefficient (Wildman–Crippen LogP) is 2.19. The van der Waals surface area contributed by atoms with Crippen LogP contribution in [0.2, 0.25) is 0 Å². The van der Waals surface area contributed by atoms with E-state index in [1.807, 2.05) is 21.0 Å². The number of hydrogen-bond acceptors (Lipinski definition) is 4. The number of nitrogens with zero attached hydrogens (tertiary/aromatic N) is 3. The van der Waals surface area contributed by atoms with Gasteiger partial charge in [-0.3, -0.25) is 4.99 Å². The molecule has 0 unspecified atom stereocenters.